The van der Waals surface area contributed by atoms with Gasteiger partial charge in [0, 0.05) is 31.3 Å². The van der Waals surface area contributed by atoms with Crippen LogP contribution in [0, 0.1) is 17.8 Å². The summed E-state index contributed by atoms with van der Waals surface area (Å²) in [5, 5.41) is 8.83. The molecule has 1 N–H and O–H groups in total. The highest BCUT2D eigenvalue weighted by Crippen LogP contribution is 2.51. The van der Waals surface area contributed by atoms with Gasteiger partial charge in [-0.1, -0.05) is 0 Å². The van der Waals surface area contributed by atoms with E-state index in [1.54, 1.807) is 0 Å². The van der Waals surface area contributed by atoms with Gasteiger partial charge in [0.05, 0.1) is 12.2 Å². The Kier molecular flexibility index (Phi) is 3.18. The summed E-state index contributed by atoms with van der Waals surface area (Å²) in [5.41, 5.74) is -0.791. The van der Waals surface area contributed by atoms with Gasteiger partial charge in [-0.05, 0) is 17.9 Å². The molecule has 1 aromatic rings. The van der Waals surface area contributed by atoms with E-state index < -0.39 is 17.8 Å². The summed E-state index contributed by atoms with van der Waals surface area (Å²) in [5.74, 6) is 0.667. The Morgan fingerprint density at radius 1 is 1.43 bits per heavy atom. The number of ether oxygens (including phenoxy) is 1. The largest absolute Gasteiger partial charge is 0.477 e. The van der Waals surface area contributed by atoms with Crippen LogP contribution in [0.4, 0.5) is 18.0 Å². The molecule has 8 heteroatoms. The van der Waals surface area contributed by atoms with E-state index in [9.17, 15) is 18.0 Å². The number of pyridine rings is 1. The number of aromatic nitrogens is 1. The highest BCUT2D eigenvalue weighted by molar-refractivity contribution is 5.65. The second kappa shape index (κ2) is 4.78. The molecule has 5 nitrogen and oxygen atoms in total. The van der Waals surface area contributed by atoms with E-state index in [0.717, 1.165) is 18.3 Å². The molecule has 3 rings (SSSR count). The maximum Gasteiger partial charge on any atom is 0.416 e. The van der Waals surface area contributed by atoms with E-state index in [-0.39, 0.29) is 30.2 Å². The molecule has 2 fully saturated rings. The lowest BCUT2D eigenvalue weighted by Crippen LogP contribution is -2.30. The van der Waals surface area contributed by atoms with Crippen molar-refractivity contribution in [3.05, 3.63) is 23.9 Å². The minimum absolute atomic E-state index is 0.0510. The zero-order valence-electron chi connectivity index (χ0n) is 10.9. The minimum atomic E-state index is -4.42. The van der Waals surface area contributed by atoms with E-state index in [0.29, 0.717) is 13.1 Å². The van der Waals surface area contributed by atoms with E-state index in [2.05, 4.69) is 4.98 Å². The molecule has 3 atom stereocenters. The van der Waals surface area contributed by atoms with Crippen molar-refractivity contribution in [1.82, 2.24) is 9.88 Å². The number of carbonyl (C=O) groups is 1. The Labute approximate surface area is 118 Å². The first-order valence-corrected chi connectivity index (χ1v) is 6.50. The standard InChI is InChI=1S/C13H13F3N2O3/c14-13(15,16)7-1-2-17-11(3-7)21-6-10-8-4-18(12(19)20)5-9(8)10/h1-3,8-10H,4-6H2,(H,19,20)/t8-,9+,10+. The van der Waals surface area contributed by atoms with Crippen molar-refractivity contribution in [2.75, 3.05) is 19.7 Å². The summed E-state index contributed by atoms with van der Waals surface area (Å²) in [4.78, 5) is 15.9. The SMILES string of the molecule is O=C(O)N1C[C@@H]2[C@@H](COc3cc(C(F)(F)F)ccn3)[C@@H]2C1. The second-order valence-electron chi connectivity index (χ2n) is 5.37. The van der Waals surface area contributed by atoms with Crippen LogP contribution in [0.25, 0.3) is 0 Å². The van der Waals surface area contributed by atoms with Gasteiger partial charge in [0.25, 0.3) is 0 Å². The van der Waals surface area contributed by atoms with Gasteiger partial charge in [0.1, 0.15) is 0 Å². The van der Waals surface area contributed by atoms with Gasteiger partial charge in [0.15, 0.2) is 0 Å². The molecule has 1 aromatic heterocycles. The topological polar surface area (TPSA) is 62.7 Å². The van der Waals surface area contributed by atoms with E-state index in [1.807, 2.05) is 0 Å². The Hall–Kier alpha value is -1.99. The predicted octanol–water partition coefficient (Wildman–Crippen LogP) is 2.34. The first-order chi connectivity index (χ1) is 9.86. The molecule has 0 unspecified atom stereocenters. The highest BCUT2D eigenvalue weighted by atomic mass is 19.4. The molecule has 0 aromatic carbocycles. The number of rotatable bonds is 3. The van der Waals surface area contributed by atoms with Crippen LogP contribution >= 0.6 is 0 Å². The van der Waals surface area contributed by atoms with Gasteiger partial charge in [-0.3, -0.25) is 0 Å². The van der Waals surface area contributed by atoms with Crippen molar-refractivity contribution in [2.24, 2.45) is 17.8 Å². The van der Waals surface area contributed by atoms with Crippen LogP contribution in [-0.2, 0) is 6.18 Å². The van der Waals surface area contributed by atoms with Crippen LogP contribution in [0.1, 0.15) is 5.56 Å². The third-order valence-electron chi connectivity index (χ3n) is 4.13. The lowest BCUT2D eigenvalue weighted by molar-refractivity contribution is -0.137. The van der Waals surface area contributed by atoms with Gasteiger partial charge in [0.2, 0.25) is 5.88 Å². The molecule has 114 valence electrons. The van der Waals surface area contributed by atoms with Crippen LogP contribution in [0.2, 0.25) is 0 Å². The fourth-order valence-electron chi connectivity index (χ4n) is 2.90. The summed E-state index contributed by atoms with van der Waals surface area (Å²) >= 11 is 0. The molecule has 1 aliphatic heterocycles. The van der Waals surface area contributed by atoms with Crippen LogP contribution in [-0.4, -0.2) is 40.8 Å². The van der Waals surface area contributed by atoms with Crippen molar-refractivity contribution in [2.45, 2.75) is 6.18 Å². The normalized spacial score (nSPS) is 27.4. The fourth-order valence-corrected chi connectivity index (χ4v) is 2.90. The number of halogens is 3. The van der Waals surface area contributed by atoms with Crippen molar-refractivity contribution in [1.29, 1.82) is 0 Å². The van der Waals surface area contributed by atoms with Gasteiger partial charge in [-0.15, -0.1) is 0 Å². The molecule has 1 aliphatic carbocycles. The summed E-state index contributed by atoms with van der Waals surface area (Å²) in [6.07, 6.45) is -4.28. The zero-order chi connectivity index (χ0) is 15.2. The Morgan fingerprint density at radius 2 is 2.10 bits per heavy atom. The smallest absolute Gasteiger partial charge is 0.416 e. The van der Waals surface area contributed by atoms with E-state index in [1.165, 1.54) is 4.90 Å². The number of nitrogens with zero attached hydrogens (tertiary/aromatic N) is 2. The number of piperidine rings is 1. The van der Waals surface area contributed by atoms with Crippen molar-refractivity contribution in [3.8, 4) is 5.88 Å². The van der Waals surface area contributed by atoms with Crippen LogP contribution in [0.3, 0.4) is 0 Å². The third-order valence-corrected chi connectivity index (χ3v) is 4.13. The van der Waals surface area contributed by atoms with Gasteiger partial charge < -0.3 is 14.7 Å². The molecule has 21 heavy (non-hydrogen) atoms. The number of amides is 1. The molecule has 2 aliphatic rings. The molecule has 1 saturated heterocycles. The van der Waals surface area contributed by atoms with Crippen molar-refractivity contribution < 1.29 is 27.8 Å². The summed E-state index contributed by atoms with van der Waals surface area (Å²) in [6.45, 7) is 1.23. The molecule has 0 spiro atoms. The Bertz CT molecular complexity index is 552. The fraction of sp³-hybridized carbons (Fsp3) is 0.538. The first-order valence-electron chi connectivity index (χ1n) is 6.50. The molecule has 0 bridgehead atoms. The summed E-state index contributed by atoms with van der Waals surface area (Å²) < 4.78 is 42.9. The molecule has 1 saturated carbocycles. The number of hydrogen-bond acceptors (Lipinski definition) is 3. The Balaban J connectivity index is 1.53. The van der Waals surface area contributed by atoms with Crippen molar-refractivity contribution in [3.63, 3.8) is 0 Å². The number of hydrogen-bond donors (Lipinski definition) is 1. The number of alkyl halides is 3. The van der Waals surface area contributed by atoms with Crippen molar-refractivity contribution >= 4 is 6.09 Å². The average Bonchev–Trinajstić information content (AvgIpc) is 2.86. The maximum absolute atomic E-state index is 12.5. The van der Waals surface area contributed by atoms with Gasteiger partial charge in [-0.25, -0.2) is 9.78 Å². The monoisotopic (exact) mass is 302 g/mol. The minimum Gasteiger partial charge on any atom is -0.477 e. The zero-order valence-corrected chi connectivity index (χ0v) is 10.9. The van der Waals surface area contributed by atoms with Gasteiger partial charge >= 0.3 is 12.3 Å². The quantitative estimate of drug-likeness (QED) is 0.931. The first kappa shape index (κ1) is 14.0. The number of fused-ring (bicyclic) bond motifs is 1. The lowest BCUT2D eigenvalue weighted by atomic mass is 10.2. The maximum atomic E-state index is 12.5. The van der Waals surface area contributed by atoms with Crippen LogP contribution < -0.4 is 4.74 Å². The highest BCUT2D eigenvalue weighted by Gasteiger charge is 2.57. The molecule has 1 amide bonds. The lowest BCUT2D eigenvalue weighted by Gasteiger charge is -2.16. The number of likely N-dealkylation sites (tertiary alicyclic amines) is 1. The summed E-state index contributed by atoms with van der Waals surface area (Å²) in [6, 6.07) is 1.77. The van der Waals surface area contributed by atoms with Crippen LogP contribution in [0.15, 0.2) is 18.3 Å². The Morgan fingerprint density at radius 3 is 2.67 bits per heavy atom. The van der Waals surface area contributed by atoms with Crippen LogP contribution in [0.5, 0.6) is 5.88 Å². The number of carboxylic acid groups (broad SMARTS) is 1. The third kappa shape index (κ3) is 2.74. The average molecular weight is 302 g/mol. The second-order valence-corrected chi connectivity index (χ2v) is 5.37. The van der Waals surface area contributed by atoms with Gasteiger partial charge in [-0.2, -0.15) is 13.2 Å². The molecular formula is C13H13F3N2O3. The molecule has 2 heterocycles. The molecule has 0 radical (unpaired) electrons. The van der Waals surface area contributed by atoms with E-state index >= 15 is 0 Å². The predicted molar refractivity (Wildman–Crippen MR) is 64.8 cm³/mol. The molecular weight excluding hydrogens is 289 g/mol. The summed E-state index contributed by atoms with van der Waals surface area (Å²) in [7, 11) is 0. The van der Waals surface area contributed by atoms with E-state index in [4.69, 9.17) is 9.84 Å².